The molecule has 2 aromatic heterocycles. The van der Waals surface area contributed by atoms with Gasteiger partial charge in [0.25, 0.3) is 0 Å². The average Bonchev–Trinajstić information content (AvgIpc) is 3.48. The van der Waals surface area contributed by atoms with Crippen LogP contribution in [0, 0.1) is 13.8 Å². The van der Waals surface area contributed by atoms with Gasteiger partial charge in [-0.2, -0.15) is 0 Å². The van der Waals surface area contributed by atoms with Gasteiger partial charge >= 0.3 is 0 Å². The van der Waals surface area contributed by atoms with Crippen LogP contribution in [0.1, 0.15) is 35.7 Å². The number of hydrogen-bond acceptors (Lipinski definition) is 6. The van der Waals surface area contributed by atoms with Gasteiger partial charge in [-0.3, -0.25) is 9.36 Å². The molecule has 4 rings (SSSR count). The van der Waals surface area contributed by atoms with Crippen molar-refractivity contribution in [1.82, 2.24) is 20.1 Å². The van der Waals surface area contributed by atoms with Gasteiger partial charge in [0.1, 0.15) is 18.1 Å². The predicted octanol–water partition coefficient (Wildman–Crippen LogP) is 5.03. The Balaban J connectivity index is 1.50. The molecule has 7 nitrogen and oxygen atoms in total. The van der Waals surface area contributed by atoms with Crippen LogP contribution >= 0.6 is 11.8 Å². The number of furan rings is 1. The molecule has 8 heteroatoms. The Bertz CT molecular complexity index is 1190. The summed E-state index contributed by atoms with van der Waals surface area (Å²) >= 11 is 1.33. The number of nitrogens with zero attached hydrogens (tertiary/aromatic N) is 3. The van der Waals surface area contributed by atoms with Gasteiger partial charge in [-0.15, -0.1) is 10.2 Å². The molecular weight excluding hydrogens is 436 g/mol. The highest BCUT2D eigenvalue weighted by Crippen LogP contribution is 2.26. The zero-order valence-electron chi connectivity index (χ0n) is 18.8. The van der Waals surface area contributed by atoms with Crippen molar-refractivity contribution >= 4 is 17.7 Å². The van der Waals surface area contributed by atoms with Crippen molar-refractivity contribution in [3.8, 4) is 11.4 Å². The van der Waals surface area contributed by atoms with Crippen molar-refractivity contribution in [3.63, 3.8) is 0 Å². The lowest BCUT2D eigenvalue weighted by Crippen LogP contribution is -2.28. The van der Waals surface area contributed by atoms with E-state index in [0.29, 0.717) is 16.7 Å². The summed E-state index contributed by atoms with van der Waals surface area (Å²) in [6, 6.07) is 19.3. The first-order chi connectivity index (χ1) is 16.0. The second-order valence-corrected chi connectivity index (χ2v) is 8.62. The highest BCUT2D eigenvalue weighted by molar-refractivity contribution is 7.99. The number of amides is 1. The summed E-state index contributed by atoms with van der Waals surface area (Å²) in [6.45, 7) is 6.19. The van der Waals surface area contributed by atoms with E-state index in [4.69, 9.17) is 9.15 Å². The highest BCUT2D eigenvalue weighted by Gasteiger charge is 2.18. The molecule has 0 radical (unpaired) electrons. The van der Waals surface area contributed by atoms with Crippen LogP contribution < -0.4 is 10.1 Å². The molecule has 0 saturated carbocycles. The second kappa shape index (κ2) is 10.4. The number of aryl methyl sites for hydroxylation is 2. The molecule has 170 valence electrons. The lowest BCUT2D eigenvalue weighted by Gasteiger charge is -2.14. The Labute approximate surface area is 197 Å². The number of benzene rings is 2. The maximum absolute atomic E-state index is 12.5. The van der Waals surface area contributed by atoms with Crippen molar-refractivity contribution in [3.05, 3.63) is 89.6 Å². The van der Waals surface area contributed by atoms with Crippen LogP contribution in [0.3, 0.4) is 0 Å². The fraction of sp³-hybridized carbons (Fsp3) is 0.240. The molecule has 0 spiro atoms. The monoisotopic (exact) mass is 462 g/mol. The summed E-state index contributed by atoms with van der Waals surface area (Å²) in [5.41, 5.74) is 3.05. The molecule has 0 fully saturated rings. The van der Waals surface area contributed by atoms with Crippen LogP contribution in [-0.2, 0) is 11.4 Å². The Morgan fingerprint density at radius 2 is 1.82 bits per heavy atom. The van der Waals surface area contributed by atoms with E-state index in [0.717, 1.165) is 22.6 Å². The topological polar surface area (TPSA) is 82.2 Å². The van der Waals surface area contributed by atoms with Crippen LogP contribution in [0.4, 0.5) is 0 Å². The summed E-state index contributed by atoms with van der Waals surface area (Å²) in [4.78, 5) is 12.5. The number of ether oxygens (including phenoxy) is 1. The number of hydrogen-bond donors (Lipinski definition) is 1. The second-order valence-electron chi connectivity index (χ2n) is 7.67. The zero-order valence-corrected chi connectivity index (χ0v) is 19.6. The van der Waals surface area contributed by atoms with Crippen LogP contribution in [0.25, 0.3) is 5.69 Å². The van der Waals surface area contributed by atoms with Crippen molar-refractivity contribution in [2.75, 3.05) is 5.75 Å². The Hall–Kier alpha value is -3.52. The molecule has 1 atom stereocenters. The molecule has 0 aliphatic heterocycles. The molecule has 1 unspecified atom stereocenters. The van der Waals surface area contributed by atoms with Gasteiger partial charge in [0, 0.05) is 5.69 Å². The van der Waals surface area contributed by atoms with Gasteiger partial charge < -0.3 is 14.5 Å². The first-order valence-electron chi connectivity index (χ1n) is 10.7. The molecule has 0 saturated heterocycles. The lowest BCUT2D eigenvalue weighted by atomic mass is 10.1. The fourth-order valence-corrected chi connectivity index (χ4v) is 4.29. The number of rotatable bonds is 9. The third-order valence-corrected chi connectivity index (χ3v) is 6.08. The molecule has 2 aromatic carbocycles. The highest BCUT2D eigenvalue weighted by atomic mass is 32.2. The molecule has 0 aliphatic carbocycles. The lowest BCUT2D eigenvalue weighted by molar-refractivity contribution is -0.119. The zero-order chi connectivity index (χ0) is 23.2. The molecule has 4 aromatic rings. The molecule has 2 heterocycles. The minimum absolute atomic E-state index is 0.111. The van der Waals surface area contributed by atoms with Crippen LogP contribution in [0.2, 0.25) is 0 Å². The smallest absolute Gasteiger partial charge is 0.231 e. The van der Waals surface area contributed by atoms with E-state index < -0.39 is 0 Å². The standard InChI is InChI=1S/C25H26N4O3S/c1-17-9-7-10-18(2)24(17)32-15-22-27-28-25(29(22)20-11-5-4-6-12-20)33-16-23(30)26-19(3)21-13-8-14-31-21/h4-14,19H,15-16H2,1-3H3,(H,26,30). The summed E-state index contributed by atoms with van der Waals surface area (Å²) in [6.07, 6.45) is 1.59. The normalized spacial score (nSPS) is 11.8. The van der Waals surface area contributed by atoms with E-state index in [1.165, 1.54) is 11.8 Å². The average molecular weight is 463 g/mol. The van der Waals surface area contributed by atoms with Gasteiger partial charge in [0.2, 0.25) is 5.91 Å². The molecule has 1 N–H and O–H groups in total. The van der Waals surface area contributed by atoms with E-state index >= 15 is 0 Å². The third kappa shape index (κ3) is 5.46. The first-order valence-corrected chi connectivity index (χ1v) is 11.7. The SMILES string of the molecule is Cc1cccc(C)c1OCc1nnc(SCC(=O)NC(C)c2ccco2)n1-c1ccccc1. The Morgan fingerprint density at radius 1 is 1.06 bits per heavy atom. The largest absolute Gasteiger partial charge is 0.485 e. The van der Waals surface area contributed by atoms with Gasteiger partial charge in [0.05, 0.1) is 18.1 Å². The number of nitrogens with one attached hydrogen (secondary N) is 1. The van der Waals surface area contributed by atoms with E-state index in [1.807, 2.05) is 79.9 Å². The minimum atomic E-state index is -0.207. The quantitative estimate of drug-likeness (QED) is 0.352. The molecular formula is C25H26N4O3S. The summed E-state index contributed by atoms with van der Waals surface area (Å²) < 4.78 is 13.4. The maximum atomic E-state index is 12.5. The van der Waals surface area contributed by atoms with Gasteiger partial charge in [-0.25, -0.2) is 0 Å². The first kappa shape index (κ1) is 22.7. The van der Waals surface area contributed by atoms with Crippen LogP contribution in [0.5, 0.6) is 5.75 Å². The van der Waals surface area contributed by atoms with Gasteiger partial charge in [-0.1, -0.05) is 48.2 Å². The molecule has 1 amide bonds. The van der Waals surface area contributed by atoms with Crippen molar-refractivity contribution in [1.29, 1.82) is 0 Å². The Morgan fingerprint density at radius 3 is 2.52 bits per heavy atom. The number of aromatic nitrogens is 3. The summed E-state index contributed by atoms with van der Waals surface area (Å²) in [7, 11) is 0. The molecule has 0 aliphatic rings. The number of carbonyl (C=O) groups excluding carboxylic acids is 1. The van der Waals surface area contributed by atoms with Crippen molar-refractivity contribution in [2.45, 2.75) is 38.6 Å². The van der Waals surface area contributed by atoms with Crippen LogP contribution in [-0.4, -0.2) is 26.4 Å². The van der Waals surface area contributed by atoms with E-state index in [9.17, 15) is 4.79 Å². The number of thioether (sulfide) groups is 1. The van der Waals surface area contributed by atoms with Gasteiger partial charge in [0.15, 0.2) is 11.0 Å². The fourth-order valence-electron chi connectivity index (χ4n) is 3.51. The summed E-state index contributed by atoms with van der Waals surface area (Å²) in [5, 5.41) is 12.3. The molecule has 0 bridgehead atoms. The van der Waals surface area contributed by atoms with E-state index in [1.54, 1.807) is 12.3 Å². The number of para-hydroxylation sites is 2. The van der Waals surface area contributed by atoms with Crippen molar-refractivity contribution < 1.29 is 13.9 Å². The maximum Gasteiger partial charge on any atom is 0.231 e. The molecule has 33 heavy (non-hydrogen) atoms. The summed E-state index contributed by atoms with van der Waals surface area (Å²) in [5.74, 6) is 2.32. The predicted molar refractivity (Wildman–Crippen MR) is 128 cm³/mol. The third-order valence-electron chi connectivity index (χ3n) is 5.15. The Kier molecular flexibility index (Phi) is 7.14. The minimum Gasteiger partial charge on any atom is -0.485 e. The van der Waals surface area contributed by atoms with Gasteiger partial charge in [-0.05, 0) is 56.2 Å². The van der Waals surface area contributed by atoms with Crippen molar-refractivity contribution in [2.24, 2.45) is 0 Å². The van der Waals surface area contributed by atoms with Crippen LogP contribution in [0.15, 0.2) is 76.5 Å². The van der Waals surface area contributed by atoms with E-state index in [2.05, 4.69) is 15.5 Å². The number of carbonyl (C=O) groups is 1. The van der Waals surface area contributed by atoms with E-state index in [-0.39, 0.29) is 24.3 Å².